The maximum Gasteiger partial charge on any atom is 0.337 e. The quantitative estimate of drug-likeness (QED) is 0.185. The highest BCUT2D eigenvalue weighted by Gasteiger charge is 2.45. The molecule has 37 heavy (non-hydrogen) atoms. The lowest BCUT2D eigenvalue weighted by Crippen LogP contribution is -2.30. The second kappa shape index (κ2) is 12.7. The van der Waals surface area contributed by atoms with Crippen LogP contribution < -0.4 is 0 Å². The van der Waals surface area contributed by atoms with Crippen molar-refractivity contribution in [3.63, 3.8) is 0 Å². The summed E-state index contributed by atoms with van der Waals surface area (Å²) >= 11 is 0. The van der Waals surface area contributed by atoms with Crippen LogP contribution >= 0.6 is 10.3 Å². The van der Waals surface area contributed by atoms with Crippen LogP contribution in [0.5, 0.6) is 0 Å². The molecular formula is C31H36O5S. The summed E-state index contributed by atoms with van der Waals surface area (Å²) in [7, 11) is -0.430. The van der Waals surface area contributed by atoms with Crippen molar-refractivity contribution in [2.24, 2.45) is 0 Å². The summed E-state index contributed by atoms with van der Waals surface area (Å²) < 4.78 is 16.6. The van der Waals surface area contributed by atoms with Crippen LogP contribution in [0.2, 0.25) is 0 Å². The van der Waals surface area contributed by atoms with Crippen LogP contribution in [0.15, 0.2) is 113 Å². The predicted octanol–water partition coefficient (Wildman–Crippen LogP) is 7.37. The number of rotatable bonds is 7. The molecule has 6 heteroatoms. The minimum Gasteiger partial charge on any atom is -0.465 e. The average molecular weight is 521 g/mol. The fourth-order valence-corrected chi connectivity index (χ4v) is 8.26. The van der Waals surface area contributed by atoms with Gasteiger partial charge in [-0.3, -0.25) is 4.79 Å². The molecule has 196 valence electrons. The molecule has 0 radical (unpaired) electrons. The molecule has 4 rings (SSSR count). The Balaban J connectivity index is 0.000000319. The number of hydrogen-bond donors (Lipinski definition) is 0. The van der Waals surface area contributed by atoms with E-state index >= 15 is 0 Å². The van der Waals surface area contributed by atoms with Gasteiger partial charge in [0, 0.05) is 21.0 Å². The van der Waals surface area contributed by atoms with Crippen molar-refractivity contribution in [1.82, 2.24) is 0 Å². The van der Waals surface area contributed by atoms with Crippen molar-refractivity contribution < 1.29 is 23.2 Å². The Kier molecular flexibility index (Phi) is 9.73. The Morgan fingerprint density at radius 1 is 0.892 bits per heavy atom. The highest BCUT2D eigenvalue weighted by molar-refractivity contribution is 8.31. The normalized spacial score (nSPS) is 17.8. The second-order valence-corrected chi connectivity index (χ2v) is 13.2. The Morgan fingerprint density at radius 3 is 1.81 bits per heavy atom. The van der Waals surface area contributed by atoms with Gasteiger partial charge in [0.25, 0.3) is 6.47 Å². The molecule has 0 bridgehead atoms. The van der Waals surface area contributed by atoms with Gasteiger partial charge in [-0.1, -0.05) is 71.5 Å². The van der Waals surface area contributed by atoms with E-state index in [2.05, 4.69) is 80.6 Å². The minimum absolute atomic E-state index is 0.0305. The molecule has 0 amide bonds. The van der Waals surface area contributed by atoms with Crippen LogP contribution in [0.4, 0.5) is 0 Å². The first-order chi connectivity index (χ1) is 17.7. The van der Waals surface area contributed by atoms with E-state index < -0.39 is 10.3 Å². The summed E-state index contributed by atoms with van der Waals surface area (Å²) in [4.78, 5) is 24.0. The molecule has 1 fully saturated rings. The Bertz CT molecular complexity index is 1120. The molecule has 5 nitrogen and oxygen atoms in total. The maximum absolute atomic E-state index is 10.8. The van der Waals surface area contributed by atoms with Gasteiger partial charge < -0.3 is 13.7 Å². The van der Waals surface area contributed by atoms with Gasteiger partial charge in [-0.05, 0) is 69.2 Å². The van der Waals surface area contributed by atoms with Gasteiger partial charge in [-0.2, -0.15) is 0 Å². The van der Waals surface area contributed by atoms with E-state index in [-0.39, 0.29) is 22.9 Å². The van der Waals surface area contributed by atoms with E-state index in [4.69, 9.17) is 8.92 Å². The van der Waals surface area contributed by atoms with Crippen molar-refractivity contribution in [3.05, 3.63) is 109 Å². The fraction of sp³-hybridized carbons (Fsp3) is 0.290. The molecule has 2 atom stereocenters. The molecule has 0 heterocycles. The van der Waals surface area contributed by atoms with Crippen molar-refractivity contribution in [2.75, 3.05) is 7.11 Å². The van der Waals surface area contributed by atoms with Crippen LogP contribution in [0.3, 0.4) is 0 Å². The Morgan fingerprint density at radius 2 is 1.38 bits per heavy atom. The van der Waals surface area contributed by atoms with Crippen molar-refractivity contribution in [1.29, 1.82) is 0 Å². The Hall–Kier alpha value is -3.35. The third-order valence-corrected chi connectivity index (χ3v) is 10.3. The van der Waals surface area contributed by atoms with Gasteiger partial charge in [0.05, 0.1) is 18.8 Å². The summed E-state index contributed by atoms with van der Waals surface area (Å²) in [6, 6.07) is 29.9. The monoisotopic (exact) mass is 520 g/mol. The third kappa shape index (κ3) is 6.70. The summed E-state index contributed by atoms with van der Waals surface area (Å²) in [6.07, 6.45) is 1.08. The lowest BCUT2D eigenvalue weighted by Gasteiger charge is -2.51. The van der Waals surface area contributed by atoms with Crippen molar-refractivity contribution >= 4 is 22.8 Å². The lowest BCUT2D eigenvalue weighted by molar-refractivity contribution is -0.131. The van der Waals surface area contributed by atoms with Gasteiger partial charge in [-0.25, -0.2) is 4.79 Å². The SMILES string of the molecule is C=C1C[C@@H](OS(c2ccccc2)(c2ccccc2)C(C)(C)C)C[C@H]1OC=O.COC(=O)c1ccccc1. The maximum atomic E-state index is 10.8. The molecule has 0 unspecified atom stereocenters. The van der Waals surface area contributed by atoms with Crippen LogP contribution in [0.1, 0.15) is 44.0 Å². The van der Waals surface area contributed by atoms with Gasteiger partial charge in [0.15, 0.2) is 0 Å². The molecule has 1 aliphatic carbocycles. The van der Waals surface area contributed by atoms with E-state index in [0.717, 1.165) is 5.57 Å². The summed E-state index contributed by atoms with van der Waals surface area (Å²) in [6.45, 7) is 11.3. The molecule has 3 aromatic carbocycles. The van der Waals surface area contributed by atoms with E-state index in [1.54, 1.807) is 24.3 Å². The first kappa shape index (κ1) is 28.2. The van der Waals surface area contributed by atoms with Gasteiger partial charge in [0.1, 0.15) is 6.10 Å². The number of hydrogen-bond acceptors (Lipinski definition) is 5. The molecule has 0 aromatic heterocycles. The molecule has 1 saturated carbocycles. The van der Waals surface area contributed by atoms with Crippen LogP contribution in [0, 0.1) is 0 Å². The number of benzene rings is 3. The molecule has 3 aromatic rings. The number of carbonyl (C=O) groups excluding carboxylic acids is 2. The molecule has 0 N–H and O–H groups in total. The highest BCUT2D eigenvalue weighted by atomic mass is 32.3. The van der Waals surface area contributed by atoms with E-state index in [1.807, 2.05) is 18.2 Å². The number of ether oxygens (including phenoxy) is 2. The van der Waals surface area contributed by atoms with Gasteiger partial charge in [-0.15, -0.1) is 0 Å². The van der Waals surface area contributed by atoms with Gasteiger partial charge >= 0.3 is 5.97 Å². The van der Waals surface area contributed by atoms with Crippen LogP contribution in [0.25, 0.3) is 0 Å². The second-order valence-electron chi connectivity index (χ2n) is 9.69. The molecule has 0 aliphatic heterocycles. The van der Waals surface area contributed by atoms with Crippen molar-refractivity contribution in [3.8, 4) is 0 Å². The molecule has 0 saturated heterocycles. The van der Waals surface area contributed by atoms with E-state index in [9.17, 15) is 9.59 Å². The summed E-state index contributed by atoms with van der Waals surface area (Å²) in [5.41, 5.74) is 1.51. The standard InChI is InChI=1S/C23H28O3S.C8H8O2/c1-18-15-19(16-22(18)25-17-24)26-27(23(2,3)4,20-11-7-5-8-12-20)21-13-9-6-10-14-21;1-10-8(9)7-5-3-2-4-6-7/h5-14,17,19,22H,1,15-16H2,2-4H3;2-6H,1H3/t19-,22-;/m1./s1. The van der Waals surface area contributed by atoms with Crippen LogP contribution in [-0.4, -0.2) is 36.5 Å². The third-order valence-electron chi connectivity index (χ3n) is 6.13. The van der Waals surface area contributed by atoms with E-state index in [1.165, 1.54) is 16.9 Å². The number of carbonyl (C=O) groups is 2. The van der Waals surface area contributed by atoms with E-state index in [0.29, 0.717) is 24.9 Å². The Labute approximate surface area is 222 Å². The van der Waals surface area contributed by atoms with Crippen molar-refractivity contribution in [2.45, 2.75) is 60.4 Å². The van der Waals surface area contributed by atoms with Crippen LogP contribution in [-0.2, 0) is 18.5 Å². The molecule has 1 aliphatic rings. The topological polar surface area (TPSA) is 61.8 Å². The smallest absolute Gasteiger partial charge is 0.337 e. The minimum atomic E-state index is -1.80. The summed E-state index contributed by atoms with van der Waals surface area (Å²) in [5, 5.41) is 0. The molecule has 0 spiro atoms. The molecular weight excluding hydrogens is 484 g/mol. The first-order valence-corrected chi connectivity index (χ1v) is 13.8. The lowest BCUT2D eigenvalue weighted by atomic mass is 10.2. The zero-order valence-corrected chi connectivity index (χ0v) is 22.8. The highest BCUT2D eigenvalue weighted by Crippen LogP contribution is 2.72. The van der Waals surface area contributed by atoms with Gasteiger partial charge in [0.2, 0.25) is 0 Å². The largest absolute Gasteiger partial charge is 0.465 e. The zero-order chi connectivity index (χ0) is 26.9. The predicted molar refractivity (Wildman–Crippen MR) is 149 cm³/mol. The first-order valence-electron chi connectivity index (χ1n) is 12.2. The zero-order valence-electron chi connectivity index (χ0n) is 22.0. The fourth-order valence-electron chi connectivity index (χ4n) is 4.42. The summed E-state index contributed by atoms with van der Waals surface area (Å²) in [5.74, 6) is -0.291. The number of methoxy groups -OCH3 is 1. The number of esters is 1. The average Bonchev–Trinajstić information content (AvgIpc) is 3.26.